The molecule has 26 heavy (non-hydrogen) atoms. The Hall–Kier alpha value is -2.94. The van der Waals surface area contributed by atoms with Gasteiger partial charge in [-0.15, -0.1) is 0 Å². The third-order valence-corrected chi connectivity index (χ3v) is 3.70. The van der Waals surface area contributed by atoms with Crippen LogP contribution in [0.4, 0.5) is 16.2 Å². The molecule has 1 aliphatic heterocycles. The van der Waals surface area contributed by atoms with Crippen LogP contribution in [0.2, 0.25) is 0 Å². The fourth-order valence-electron chi connectivity index (χ4n) is 2.46. The molecule has 0 saturated carbocycles. The molecule has 0 unspecified atom stereocenters. The van der Waals surface area contributed by atoms with Crippen molar-refractivity contribution < 1.29 is 19.0 Å². The summed E-state index contributed by atoms with van der Waals surface area (Å²) >= 11 is 0. The molecule has 0 amide bonds. The summed E-state index contributed by atoms with van der Waals surface area (Å²) in [5, 5.41) is 13.8. The zero-order chi connectivity index (χ0) is 18.4. The number of ether oxygens (including phenoxy) is 2. The fourth-order valence-corrected chi connectivity index (χ4v) is 2.46. The van der Waals surface area contributed by atoms with E-state index in [1.807, 2.05) is 11.8 Å². The van der Waals surface area contributed by atoms with E-state index in [0.29, 0.717) is 44.2 Å². The highest BCUT2D eigenvalue weighted by Crippen LogP contribution is 2.26. The summed E-state index contributed by atoms with van der Waals surface area (Å²) in [7, 11) is 0. The van der Waals surface area contributed by atoms with Crippen molar-refractivity contribution in [1.29, 1.82) is 0 Å². The molecule has 138 valence electrons. The molecule has 2 heterocycles. The van der Waals surface area contributed by atoms with Crippen LogP contribution in [0, 0.1) is 5.82 Å². The van der Waals surface area contributed by atoms with Gasteiger partial charge in [-0.2, -0.15) is 10.1 Å². The molecule has 1 aliphatic rings. The zero-order valence-electron chi connectivity index (χ0n) is 14.4. The molecular weight excluding hydrogens is 341 g/mol. The predicted molar refractivity (Wildman–Crippen MR) is 95.5 cm³/mol. The van der Waals surface area contributed by atoms with Crippen LogP contribution in [-0.4, -0.2) is 54.2 Å². The highest BCUT2D eigenvalue weighted by molar-refractivity contribution is 5.81. The van der Waals surface area contributed by atoms with E-state index in [1.165, 1.54) is 12.3 Å². The normalized spacial score (nSPS) is 14.6. The minimum atomic E-state index is -0.485. The van der Waals surface area contributed by atoms with Gasteiger partial charge >= 0.3 is 0 Å². The van der Waals surface area contributed by atoms with Gasteiger partial charge in [0.1, 0.15) is 0 Å². The van der Waals surface area contributed by atoms with E-state index in [0.717, 1.165) is 6.20 Å². The Balaban J connectivity index is 1.69. The van der Waals surface area contributed by atoms with Gasteiger partial charge in [0.05, 0.1) is 32.2 Å². The summed E-state index contributed by atoms with van der Waals surface area (Å²) in [6.45, 7) is 4.50. The average Bonchev–Trinajstić information content (AvgIpc) is 2.66. The first-order chi connectivity index (χ1) is 12.7. The zero-order valence-corrected chi connectivity index (χ0v) is 14.4. The van der Waals surface area contributed by atoms with Crippen LogP contribution in [0.25, 0.3) is 0 Å². The lowest BCUT2D eigenvalue weighted by molar-refractivity contribution is 0.122. The lowest BCUT2D eigenvalue weighted by Crippen LogP contribution is -2.37. The maximum Gasteiger partial charge on any atom is 0.245 e. The van der Waals surface area contributed by atoms with Crippen molar-refractivity contribution in [3.63, 3.8) is 0 Å². The van der Waals surface area contributed by atoms with Gasteiger partial charge in [-0.25, -0.2) is 14.8 Å². The van der Waals surface area contributed by atoms with Crippen molar-refractivity contribution in [2.45, 2.75) is 6.92 Å². The minimum Gasteiger partial charge on any atom is -0.504 e. The average molecular weight is 361 g/mol. The Morgan fingerprint density at radius 2 is 2.23 bits per heavy atom. The minimum absolute atomic E-state index is 0.0639. The number of nitrogens with zero attached hydrogens (tertiary/aromatic N) is 4. The fraction of sp³-hybridized carbons (Fsp3) is 0.353. The van der Waals surface area contributed by atoms with Gasteiger partial charge in [0.15, 0.2) is 23.1 Å². The molecule has 1 aromatic heterocycles. The van der Waals surface area contributed by atoms with Crippen molar-refractivity contribution in [2.75, 3.05) is 43.2 Å². The third-order valence-electron chi connectivity index (χ3n) is 3.70. The Bertz CT molecular complexity index is 781. The lowest BCUT2D eigenvalue weighted by Gasteiger charge is -2.27. The molecular formula is C17H20FN5O3. The maximum absolute atomic E-state index is 14.0. The third kappa shape index (κ3) is 4.37. The number of morpholine rings is 1. The van der Waals surface area contributed by atoms with Crippen molar-refractivity contribution >= 4 is 18.0 Å². The van der Waals surface area contributed by atoms with Crippen molar-refractivity contribution in [1.82, 2.24) is 9.97 Å². The van der Waals surface area contributed by atoms with Gasteiger partial charge < -0.3 is 19.5 Å². The summed E-state index contributed by atoms with van der Waals surface area (Å²) in [6.07, 6.45) is 2.65. The van der Waals surface area contributed by atoms with Crippen molar-refractivity contribution in [2.24, 2.45) is 5.10 Å². The number of aromatic nitrogens is 2. The van der Waals surface area contributed by atoms with Crippen LogP contribution in [0.5, 0.6) is 11.5 Å². The molecule has 0 atom stereocenters. The lowest BCUT2D eigenvalue weighted by atomic mass is 10.2. The maximum atomic E-state index is 14.0. The number of benzene rings is 1. The van der Waals surface area contributed by atoms with E-state index in [2.05, 4.69) is 20.5 Å². The number of hydrazone groups is 1. The molecule has 0 bridgehead atoms. The van der Waals surface area contributed by atoms with Crippen LogP contribution in [0.1, 0.15) is 12.5 Å². The van der Waals surface area contributed by atoms with Crippen molar-refractivity contribution in [3.05, 3.63) is 35.8 Å². The topological polar surface area (TPSA) is 92.1 Å². The number of halogens is 1. The summed E-state index contributed by atoms with van der Waals surface area (Å²) < 4.78 is 24.6. The monoisotopic (exact) mass is 361 g/mol. The molecule has 1 aromatic carbocycles. The van der Waals surface area contributed by atoms with Crippen molar-refractivity contribution in [3.8, 4) is 11.5 Å². The number of phenolic OH excluding ortho intramolecular Hbond substituents is 1. The molecule has 1 saturated heterocycles. The van der Waals surface area contributed by atoms with Crippen LogP contribution in [0.15, 0.2) is 29.5 Å². The Morgan fingerprint density at radius 1 is 1.42 bits per heavy atom. The molecule has 8 nitrogen and oxygen atoms in total. The molecule has 0 radical (unpaired) electrons. The molecule has 2 aromatic rings. The SMILES string of the molecule is CCOc1cc(/C=N/Nc2ncc(F)c(N3CCOCC3)n2)ccc1O. The largest absolute Gasteiger partial charge is 0.504 e. The van der Waals surface area contributed by atoms with E-state index in [1.54, 1.807) is 12.1 Å². The first-order valence-corrected chi connectivity index (χ1v) is 8.27. The quantitative estimate of drug-likeness (QED) is 0.600. The summed E-state index contributed by atoms with van der Waals surface area (Å²) in [5.74, 6) is 0.372. The molecule has 0 spiro atoms. The standard InChI is InChI=1S/C17H20FN5O3/c1-2-26-15-9-12(3-4-14(15)24)10-20-22-17-19-11-13(18)16(21-17)23-5-7-25-8-6-23/h3-4,9-11,24H,2,5-8H2,1H3,(H,19,21,22)/b20-10+. The highest BCUT2D eigenvalue weighted by Gasteiger charge is 2.17. The van der Waals surface area contributed by atoms with Crippen LogP contribution in [0.3, 0.4) is 0 Å². The molecule has 1 fully saturated rings. The second-order valence-electron chi connectivity index (χ2n) is 5.49. The van der Waals surface area contributed by atoms with Gasteiger partial charge in [-0.1, -0.05) is 0 Å². The van der Waals surface area contributed by atoms with E-state index in [4.69, 9.17) is 9.47 Å². The first kappa shape index (κ1) is 17.9. The second-order valence-corrected chi connectivity index (χ2v) is 5.49. The second kappa shape index (κ2) is 8.43. The number of anilines is 2. The highest BCUT2D eigenvalue weighted by atomic mass is 19.1. The number of aromatic hydroxyl groups is 1. The van der Waals surface area contributed by atoms with Crippen LogP contribution >= 0.6 is 0 Å². The Kier molecular flexibility index (Phi) is 5.80. The Morgan fingerprint density at radius 3 is 3.00 bits per heavy atom. The van der Waals surface area contributed by atoms with Crippen LogP contribution in [-0.2, 0) is 4.74 Å². The number of phenols is 1. The predicted octanol–water partition coefficient (Wildman–Crippen LogP) is 2.00. The van der Waals surface area contributed by atoms with E-state index in [9.17, 15) is 9.50 Å². The molecule has 9 heteroatoms. The summed E-state index contributed by atoms with van der Waals surface area (Å²) in [4.78, 5) is 9.88. The summed E-state index contributed by atoms with van der Waals surface area (Å²) in [5.41, 5.74) is 3.40. The summed E-state index contributed by atoms with van der Waals surface area (Å²) in [6, 6.07) is 4.87. The van der Waals surface area contributed by atoms with Crippen LogP contribution < -0.4 is 15.1 Å². The molecule has 3 rings (SSSR count). The smallest absolute Gasteiger partial charge is 0.245 e. The number of hydrogen-bond donors (Lipinski definition) is 2. The van der Waals surface area contributed by atoms with E-state index in [-0.39, 0.29) is 17.5 Å². The van der Waals surface area contributed by atoms with Gasteiger partial charge in [-0.05, 0) is 30.7 Å². The number of nitrogens with one attached hydrogen (secondary N) is 1. The molecule has 2 N–H and O–H groups in total. The number of rotatable bonds is 6. The van der Waals surface area contributed by atoms with Gasteiger partial charge in [0.2, 0.25) is 5.95 Å². The van der Waals surface area contributed by atoms with E-state index >= 15 is 0 Å². The first-order valence-electron chi connectivity index (χ1n) is 8.27. The Labute approximate surface area is 150 Å². The molecule has 0 aliphatic carbocycles. The van der Waals surface area contributed by atoms with Gasteiger partial charge in [-0.3, -0.25) is 0 Å². The van der Waals surface area contributed by atoms with E-state index < -0.39 is 5.82 Å². The van der Waals surface area contributed by atoms with Gasteiger partial charge in [0.25, 0.3) is 0 Å². The number of hydrogen-bond acceptors (Lipinski definition) is 8. The van der Waals surface area contributed by atoms with Gasteiger partial charge in [0, 0.05) is 13.1 Å².